The third-order valence-electron chi connectivity index (χ3n) is 6.81. The minimum absolute atomic E-state index is 0.0676. The molecule has 15 nitrogen and oxygen atoms in total. The zero-order valence-corrected chi connectivity index (χ0v) is 24.4. The summed E-state index contributed by atoms with van der Waals surface area (Å²) in [4.78, 5) is 45.7. The van der Waals surface area contributed by atoms with Crippen molar-refractivity contribution in [3.8, 4) is 11.5 Å². The van der Waals surface area contributed by atoms with Crippen LogP contribution >= 0.6 is 11.8 Å². The minimum atomic E-state index is -0.546. The minimum Gasteiger partial charge on any atom is -0.454 e. The topological polar surface area (TPSA) is 192 Å². The monoisotopic (exact) mass is 593 g/mol. The second-order valence-electron chi connectivity index (χ2n) is 9.65. The first-order valence-electron chi connectivity index (χ1n) is 13.3. The average molecular weight is 594 g/mol. The van der Waals surface area contributed by atoms with Gasteiger partial charge in [-0.1, -0.05) is 18.7 Å². The number of benzene rings is 1. The van der Waals surface area contributed by atoms with E-state index < -0.39 is 11.9 Å². The van der Waals surface area contributed by atoms with Gasteiger partial charge in [0.15, 0.2) is 45.1 Å². The number of hydrogen-bond donors (Lipinski definition) is 3. The molecule has 0 saturated heterocycles. The Balaban J connectivity index is 1.41. The number of carbonyl (C=O) groups is 2. The highest BCUT2D eigenvalue weighted by Crippen LogP contribution is 2.41. The lowest BCUT2D eigenvalue weighted by atomic mass is 10.1. The summed E-state index contributed by atoms with van der Waals surface area (Å²) in [5.74, 6) is 1.12. The number of aryl methyl sites for hydroxylation is 2. The first-order chi connectivity index (χ1) is 20.3. The highest BCUT2D eigenvalue weighted by atomic mass is 32.2. The Morgan fingerprint density at radius 3 is 2.69 bits per heavy atom. The van der Waals surface area contributed by atoms with Crippen molar-refractivity contribution < 1.29 is 19.1 Å². The predicted octanol–water partition coefficient (Wildman–Crippen LogP) is 3.84. The van der Waals surface area contributed by atoms with Crippen LogP contribution in [0.1, 0.15) is 43.2 Å². The highest BCUT2D eigenvalue weighted by molar-refractivity contribution is 7.99. The molecule has 2 amide bonds. The number of aromatic nitrogens is 6. The molecule has 1 aliphatic rings. The maximum Gasteiger partial charge on any atom is 0.328 e. The fourth-order valence-corrected chi connectivity index (χ4v) is 5.77. The molecule has 0 spiro atoms. The number of rotatable bonds is 10. The number of anilines is 1. The van der Waals surface area contributed by atoms with Gasteiger partial charge in [0.25, 0.3) is 5.91 Å². The number of ether oxygens (including phenoxy) is 2. The van der Waals surface area contributed by atoms with E-state index in [2.05, 4.69) is 32.3 Å². The summed E-state index contributed by atoms with van der Waals surface area (Å²) in [5.41, 5.74) is 15.8. The van der Waals surface area contributed by atoms with Crippen LogP contribution in [-0.2, 0) is 13.0 Å². The van der Waals surface area contributed by atoms with E-state index in [1.807, 2.05) is 30.5 Å². The van der Waals surface area contributed by atoms with E-state index in [1.54, 1.807) is 4.90 Å². The van der Waals surface area contributed by atoms with Crippen molar-refractivity contribution in [2.24, 2.45) is 5.11 Å². The molecule has 220 valence electrons. The molecule has 0 aliphatic carbocycles. The molecule has 0 fully saturated rings. The molecule has 4 N–H and O–H groups in total. The second-order valence-corrected chi connectivity index (χ2v) is 10.7. The van der Waals surface area contributed by atoms with E-state index in [4.69, 9.17) is 25.7 Å². The van der Waals surface area contributed by atoms with Crippen LogP contribution in [0.4, 0.5) is 16.4 Å². The molecule has 4 heterocycles. The molecule has 3 aromatic heterocycles. The third-order valence-corrected chi connectivity index (χ3v) is 7.91. The second kappa shape index (κ2) is 12.0. The lowest BCUT2D eigenvalue weighted by Gasteiger charge is -2.26. The zero-order chi connectivity index (χ0) is 30.0. The summed E-state index contributed by atoms with van der Waals surface area (Å²) in [6.45, 7) is 6.86. The van der Waals surface area contributed by atoms with Crippen LogP contribution in [0.15, 0.2) is 40.0 Å². The maximum atomic E-state index is 13.5. The number of nitrogen functional groups attached to an aromatic ring is 1. The molecule has 0 saturated carbocycles. The summed E-state index contributed by atoms with van der Waals surface area (Å²) in [6, 6.07) is 3.21. The number of fused-ring (bicyclic) bond motifs is 2. The van der Waals surface area contributed by atoms with Crippen molar-refractivity contribution in [1.82, 2.24) is 39.3 Å². The van der Waals surface area contributed by atoms with Crippen LogP contribution in [-0.4, -0.2) is 72.3 Å². The number of amides is 2. The molecule has 0 bridgehead atoms. The Morgan fingerprint density at radius 1 is 1.24 bits per heavy atom. The molecule has 16 heteroatoms. The van der Waals surface area contributed by atoms with Crippen molar-refractivity contribution in [2.45, 2.75) is 56.3 Å². The average Bonchev–Trinajstić information content (AvgIpc) is 3.71. The summed E-state index contributed by atoms with van der Waals surface area (Å²) in [6.07, 6.45) is 3.91. The van der Waals surface area contributed by atoms with Gasteiger partial charge in [0.1, 0.15) is 12.7 Å². The van der Waals surface area contributed by atoms with Gasteiger partial charge < -0.3 is 30.0 Å². The Bertz CT molecular complexity index is 1670. The third kappa shape index (κ3) is 5.32. The lowest BCUT2D eigenvalue weighted by molar-refractivity contribution is 0.0696. The SMILES string of the molecule is CCc1cc2c(cc1Sc1nc3c(N)ncnc3n1CCCN(C(=O)c1ncn(C(=O)NC)c1N=N)C(C)C)OCO2. The standard InChI is InChI=1S/C26H31N11O4S/c1-5-15-9-16-17(41-13-40-16)10-18(15)42-26-33-19-21(27)30-11-31-22(19)36(26)8-6-7-35(14(2)3)24(38)20-23(34-28)37(12-32-20)25(39)29-4/h9-12,14,28H,5-8,13H2,1-4H3,(H,29,39)(H2,27,30,31). The molecular weight excluding hydrogens is 562 g/mol. The predicted molar refractivity (Wildman–Crippen MR) is 153 cm³/mol. The molecule has 0 radical (unpaired) electrons. The quantitative estimate of drug-likeness (QED) is 0.228. The van der Waals surface area contributed by atoms with Crippen LogP contribution < -0.4 is 20.5 Å². The van der Waals surface area contributed by atoms with Gasteiger partial charge >= 0.3 is 6.03 Å². The number of imidazole rings is 2. The first kappa shape index (κ1) is 28.8. The van der Waals surface area contributed by atoms with Gasteiger partial charge in [0, 0.05) is 31.1 Å². The smallest absolute Gasteiger partial charge is 0.328 e. The fraction of sp³-hybridized carbons (Fsp3) is 0.385. The summed E-state index contributed by atoms with van der Waals surface area (Å²) < 4.78 is 14.2. The van der Waals surface area contributed by atoms with Crippen LogP contribution in [0.25, 0.3) is 11.2 Å². The van der Waals surface area contributed by atoms with Gasteiger partial charge in [-0.3, -0.25) is 4.79 Å². The molecule has 0 unspecified atom stereocenters. The first-order valence-corrected chi connectivity index (χ1v) is 14.1. The van der Waals surface area contributed by atoms with Crippen molar-refractivity contribution in [3.63, 3.8) is 0 Å². The Kier molecular flexibility index (Phi) is 8.24. The van der Waals surface area contributed by atoms with Crippen molar-refractivity contribution >= 4 is 46.5 Å². The van der Waals surface area contributed by atoms with Gasteiger partial charge in [0.2, 0.25) is 6.79 Å². The maximum absolute atomic E-state index is 13.5. The molecule has 4 aromatic rings. The lowest BCUT2D eigenvalue weighted by Crippen LogP contribution is -2.38. The molecule has 1 aliphatic heterocycles. The van der Waals surface area contributed by atoms with Gasteiger partial charge in [-0.2, -0.15) is 0 Å². The van der Waals surface area contributed by atoms with Gasteiger partial charge in [-0.05, 0) is 44.4 Å². The number of nitrogens with zero attached hydrogens (tertiary/aromatic N) is 8. The van der Waals surface area contributed by atoms with Crippen LogP contribution in [0.2, 0.25) is 0 Å². The van der Waals surface area contributed by atoms with Crippen molar-refractivity contribution in [2.75, 3.05) is 26.1 Å². The Morgan fingerprint density at radius 2 is 2.00 bits per heavy atom. The van der Waals surface area contributed by atoms with E-state index in [9.17, 15) is 9.59 Å². The number of hydrogen-bond acceptors (Lipinski definition) is 12. The normalized spacial score (nSPS) is 12.2. The fourth-order valence-electron chi connectivity index (χ4n) is 4.65. The van der Waals surface area contributed by atoms with Gasteiger partial charge in [-0.25, -0.2) is 34.8 Å². The molecule has 0 atom stereocenters. The molecule has 1 aromatic carbocycles. The molecular formula is C26H31N11O4S. The largest absolute Gasteiger partial charge is 0.454 e. The van der Waals surface area contributed by atoms with Crippen LogP contribution in [0.3, 0.4) is 0 Å². The van der Waals surface area contributed by atoms with Crippen LogP contribution in [0.5, 0.6) is 11.5 Å². The highest BCUT2D eigenvalue weighted by Gasteiger charge is 2.27. The molecule has 5 rings (SSSR count). The van der Waals surface area contributed by atoms with Crippen molar-refractivity contribution in [1.29, 1.82) is 5.53 Å². The van der Waals surface area contributed by atoms with E-state index in [1.165, 1.54) is 31.5 Å². The summed E-state index contributed by atoms with van der Waals surface area (Å²) in [7, 11) is 1.44. The van der Waals surface area contributed by atoms with Gasteiger partial charge in [-0.15, -0.1) is 5.11 Å². The molecule has 42 heavy (non-hydrogen) atoms. The van der Waals surface area contributed by atoms with Crippen molar-refractivity contribution in [3.05, 3.63) is 36.0 Å². The Hall–Kier alpha value is -4.73. The van der Waals surface area contributed by atoms with E-state index >= 15 is 0 Å². The van der Waals surface area contributed by atoms with Crippen LogP contribution in [0, 0.1) is 5.53 Å². The number of carbonyl (C=O) groups excluding carboxylic acids is 2. The van der Waals surface area contributed by atoms with E-state index in [0.717, 1.165) is 27.2 Å². The summed E-state index contributed by atoms with van der Waals surface area (Å²) in [5, 5.41) is 6.51. The number of nitrogens with one attached hydrogen (secondary N) is 2. The Labute approximate surface area is 245 Å². The number of nitrogens with two attached hydrogens (primary N) is 1. The zero-order valence-electron chi connectivity index (χ0n) is 23.6. The van der Waals surface area contributed by atoms with Gasteiger partial charge in [0.05, 0.1) is 0 Å². The summed E-state index contributed by atoms with van der Waals surface area (Å²) >= 11 is 1.48. The van der Waals surface area contributed by atoms with E-state index in [0.29, 0.717) is 41.6 Å². The van der Waals surface area contributed by atoms with E-state index in [-0.39, 0.29) is 30.2 Å².